The first-order valence-electron chi connectivity index (χ1n) is 5.65. The first kappa shape index (κ1) is 12.3. The van der Waals surface area contributed by atoms with Crippen molar-refractivity contribution in [1.29, 1.82) is 0 Å². The van der Waals surface area contributed by atoms with Crippen molar-refractivity contribution in [3.63, 3.8) is 0 Å². The third-order valence-corrected chi connectivity index (χ3v) is 2.80. The minimum absolute atomic E-state index is 0.0822. The highest BCUT2D eigenvalue weighted by atomic mass is 16.6. The van der Waals surface area contributed by atoms with Crippen LogP contribution in [-0.4, -0.2) is 9.91 Å². The molecule has 0 bridgehead atoms. The Morgan fingerprint density at radius 3 is 2.44 bits per heavy atom. The number of nitrogens with zero attached hydrogens (tertiary/aromatic N) is 2. The number of nitro groups is 1. The lowest BCUT2D eigenvalue weighted by atomic mass is 9.89. The number of hydrogen-bond acceptors (Lipinski definition) is 4. The Bertz CT molecular complexity index is 630. The summed E-state index contributed by atoms with van der Waals surface area (Å²) in [7, 11) is 0. The summed E-state index contributed by atoms with van der Waals surface area (Å²) in [5.74, 6) is 0. The summed E-state index contributed by atoms with van der Waals surface area (Å²) >= 11 is 0. The van der Waals surface area contributed by atoms with Crippen LogP contribution in [0.15, 0.2) is 24.3 Å². The maximum absolute atomic E-state index is 11.2. The van der Waals surface area contributed by atoms with Gasteiger partial charge in [0.1, 0.15) is 11.4 Å². The minimum atomic E-state index is -0.449. The molecule has 5 nitrogen and oxygen atoms in total. The lowest BCUT2D eigenvalue weighted by Crippen LogP contribution is -2.17. The second-order valence-electron chi connectivity index (χ2n) is 5.25. The number of fused-ring (bicyclic) bond motifs is 1. The Morgan fingerprint density at radius 1 is 1.28 bits per heavy atom. The van der Waals surface area contributed by atoms with Crippen LogP contribution < -0.4 is 5.73 Å². The van der Waals surface area contributed by atoms with Crippen LogP contribution in [0.2, 0.25) is 0 Å². The van der Waals surface area contributed by atoms with E-state index in [4.69, 9.17) is 5.73 Å². The largest absolute Gasteiger partial charge is 0.393 e. The molecule has 0 amide bonds. The molecule has 1 heterocycles. The molecule has 1 aromatic heterocycles. The van der Waals surface area contributed by atoms with E-state index in [1.165, 1.54) is 0 Å². The van der Waals surface area contributed by atoms with E-state index in [1.54, 1.807) is 12.1 Å². The van der Waals surface area contributed by atoms with E-state index in [2.05, 4.69) is 4.98 Å². The third kappa shape index (κ3) is 1.88. The van der Waals surface area contributed by atoms with Crippen molar-refractivity contribution < 1.29 is 4.92 Å². The summed E-state index contributed by atoms with van der Waals surface area (Å²) in [5.41, 5.74) is 6.72. The van der Waals surface area contributed by atoms with Crippen LogP contribution in [0.1, 0.15) is 26.5 Å². The lowest BCUT2D eigenvalue weighted by molar-refractivity contribution is -0.385. The van der Waals surface area contributed by atoms with Crippen LogP contribution in [0.5, 0.6) is 0 Å². The molecule has 5 heteroatoms. The van der Waals surface area contributed by atoms with Gasteiger partial charge in [0.05, 0.1) is 10.4 Å². The zero-order valence-corrected chi connectivity index (χ0v) is 10.6. The fraction of sp³-hybridized carbons (Fsp3) is 0.308. The number of rotatable bonds is 1. The normalized spacial score (nSPS) is 11.7. The van der Waals surface area contributed by atoms with Gasteiger partial charge in [0.2, 0.25) is 0 Å². The Hall–Kier alpha value is -2.17. The molecule has 0 aliphatic carbocycles. The van der Waals surface area contributed by atoms with E-state index in [9.17, 15) is 10.1 Å². The van der Waals surface area contributed by atoms with Crippen LogP contribution in [-0.2, 0) is 5.41 Å². The van der Waals surface area contributed by atoms with Gasteiger partial charge in [-0.05, 0) is 6.07 Å². The summed E-state index contributed by atoms with van der Waals surface area (Å²) in [6, 6.07) is 7.19. The lowest BCUT2D eigenvalue weighted by Gasteiger charge is -2.19. The summed E-state index contributed by atoms with van der Waals surface area (Å²) in [6.45, 7) is 5.66. The second-order valence-corrected chi connectivity index (χ2v) is 5.25. The van der Waals surface area contributed by atoms with Gasteiger partial charge in [-0.1, -0.05) is 39.0 Å². The molecular formula is C13H15N3O2. The van der Waals surface area contributed by atoms with Crippen LogP contribution in [0.25, 0.3) is 10.9 Å². The van der Waals surface area contributed by atoms with Gasteiger partial charge in [0.25, 0.3) is 0 Å². The zero-order valence-electron chi connectivity index (χ0n) is 10.6. The molecule has 0 aliphatic heterocycles. The van der Waals surface area contributed by atoms with Crippen molar-refractivity contribution >= 4 is 22.3 Å². The van der Waals surface area contributed by atoms with E-state index >= 15 is 0 Å². The van der Waals surface area contributed by atoms with Crippen LogP contribution in [0, 0.1) is 10.1 Å². The molecule has 94 valence electrons. The highest BCUT2D eigenvalue weighted by molar-refractivity contribution is 5.95. The van der Waals surface area contributed by atoms with Crippen molar-refractivity contribution in [2.75, 3.05) is 5.73 Å². The molecule has 0 spiro atoms. The first-order valence-corrected chi connectivity index (χ1v) is 5.65. The molecule has 0 unspecified atom stereocenters. The average Bonchev–Trinajstić information content (AvgIpc) is 2.27. The molecular weight excluding hydrogens is 230 g/mol. The zero-order chi connectivity index (χ0) is 13.5. The summed E-state index contributed by atoms with van der Waals surface area (Å²) < 4.78 is 0. The predicted molar refractivity (Wildman–Crippen MR) is 71.5 cm³/mol. The number of aromatic nitrogens is 1. The topological polar surface area (TPSA) is 82.0 Å². The van der Waals surface area contributed by atoms with Crippen molar-refractivity contribution in [2.45, 2.75) is 26.2 Å². The molecule has 18 heavy (non-hydrogen) atoms. The van der Waals surface area contributed by atoms with Crippen molar-refractivity contribution in [3.05, 3.63) is 40.1 Å². The molecule has 0 fully saturated rings. The fourth-order valence-electron chi connectivity index (χ4n) is 1.94. The van der Waals surface area contributed by atoms with Crippen molar-refractivity contribution in [1.82, 2.24) is 4.98 Å². The molecule has 2 aromatic rings. The van der Waals surface area contributed by atoms with Gasteiger partial charge in [0.15, 0.2) is 0 Å². The predicted octanol–water partition coefficient (Wildman–Crippen LogP) is 3.02. The number of anilines is 1. The Kier molecular flexibility index (Phi) is 2.69. The monoisotopic (exact) mass is 245 g/mol. The van der Waals surface area contributed by atoms with E-state index in [-0.39, 0.29) is 11.4 Å². The minimum Gasteiger partial charge on any atom is -0.393 e. The standard InChI is InChI=1S/C13H15N3O2/c1-13(2,3)12-11(16(17)18)10(14)8-6-4-5-7-9(8)15-12/h4-7H,1-3H3,(H2,14,15). The average molecular weight is 245 g/mol. The summed E-state index contributed by atoms with van der Waals surface area (Å²) in [6.07, 6.45) is 0. The SMILES string of the molecule is CC(C)(C)c1nc2ccccc2c(N)c1[N+](=O)[O-]. The molecule has 2 N–H and O–H groups in total. The van der Waals surface area contributed by atoms with Gasteiger partial charge in [-0.2, -0.15) is 0 Å². The summed E-state index contributed by atoms with van der Waals surface area (Å²) in [4.78, 5) is 15.2. The van der Waals surface area contributed by atoms with E-state index < -0.39 is 10.3 Å². The number of benzene rings is 1. The fourth-order valence-corrected chi connectivity index (χ4v) is 1.94. The van der Waals surface area contributed by atoms with Gasteiger partial charge in [-0.3, -0.25) is 10.1 Å². The first-order chi connectivity index (χ1) is 8.32. The molecule has 0 aliphatic rings. The quantitative estimate of drug-likeness (QED) is 0.618. The smallest absolute Gasteiger partial charge is 0.314 e. The Morgan fingerprint density at radius 2 is 1.89 bits per heavy atom. The second kappa shape index (κ2) is 3.94. The number of pyridine rings is 1. The van der Waals surface area contributed by atoms with Crippen molar-refractivity contribution in [2.24, 2.45) is 0 Å². The van der Waals surface area contributed by atoms with Gasteiger partial charge in [-0.25, -0.2) is 4.98 Å². The van der Waals surface area contributed by atoms with E-state index in [1.807, 2.05) is 32.9 Å². The Balaban J connectivity index is 2.93. The molecule has 1 aromatic carbocycles. The van der Waals surface area contributed by atoms with Crippen molar-refractivity contribution in [3.8, 4) is 0 Å². The number of hydrogen-bond donors (Lipinski definition) is 1. The van der Waals surface area contributed by atoms with Crippen LogP contribution in [0.4, 0.5) is 11.4 Å². The highest BCUT2D eigenvalue weighted by Gasteiger charge is 2.30. The molecule has 0 atom stereocenters. The Labute approximate surface area is 105 Å². The maximum atomic E-state index is 11.2. The molecule has 0 saturated heterocycles. The van der Waals surface area contributed by atoms with Crippen LogP contribution in [0.3, 0.4) is 0 Å². The van der Waals surface area contributed by atoms with Gasteiger partial charge >= 0.3 is 5.69 Å². The van der Waals surface area contributed by atoms with Gasteiger partial charge < -0.3 is 5.73 Å². The van der Waals surface area contributed by atoms with Gasteiger partial charge in [0, 0.05) is 10.8 Å². The third-order valence-electron chi connectivity index (χ3n) is 2.80. The van der Waals surface area contributed by atoms with E-state index in [0.29, 0.717) is 16.6 Å². The molecule has 0 radical (unpaired) electrons. The highest BCUT2D eigenvalue weighted by Crippen LogP contribution is 2.37. The number of para-hydroxylation sites is 1. The molecule has 0 saturated carbocycles. The number of nitrogens with two attached hydrogens (primary N) is 1. The molecule has 2 rings (SSSR count). The van der Waals surface area contributed by atoms with Gasteiger partial charge in [-0.15, -0.1) is 0 Å². The number of nitrogen functional groups attached to an aromatic ring is 1. The van der Waals surface area contributed by atoms with Crippen LogP contribution >= 0.6 is 0 Å². The van der Waals surface area contributed by atoms with E-state index in [0.717, 1.165) is 0 Å². The maximum Gasteiger partial charge on any atom is 0.314 e. The summed E-state index contributed by atoms with van der Waals surface area (Å²) in [5, 5.41) is 11.8.